The Hall–Kier alpha value is -4.21. The first kappa shape index (κ1) is 20.1. The summed E-state index contributed by atoms with van der Waals surface area (Å²) >= 11 is 0. The van der Waals surface area contributed by atoms with E-state index >= 15 is 0 Å². The van der Waals surface area contributed by atoms with Gasteiger partial charge in [0.15, 0.2) is 0 Å². The van der Waals surface area contributed by atoms with E-state index in [-0.39, 0.29) is 30.5 Å². The first-order valence-electron chi connectivity index (χ1n) is 9.73. The van der Waals surface area contributed by atoms with Crippen LogP contribution in [0.3, 0.4) is 0 Å². The summed E-state index contributed by atoms with van der Waals surface area (Å²) in [5.74, 6) is 0.361. The molecule has 0 aliphatic heterocycles. The first-order chi connectivity index (χ1) is 15.1. The van der Waals surface area contributed by atoms with Crippen molar-refractivity contribution in [3.8, 4) is 11.4 Å². The zero-order valence-corrected chi connectivity index (χ0v) is 16.5. The number of aryl methyl sites for hydroxylation is 1. The Morgan fingerprint density at radius 3 is 2.65 bits per heavy atom. The molecule has 0 spiro atoms. The lowest BCUT2D eigenvalue weighted by Crippen LogP contribution is -2.32. The number of fused-ring (bicyclic) bond motifs is 1. The second-order valence-corrected chi connectivity index (χ2v) is 6.90. The number of nitrogens with zero attached hydrogens (tertiary/aromatic N) is 2. The summed E-state index contributed by atoms with van der Waals surface area (Å²) in [5, 5.41) is 9.20. The molecule has 2 amide bonds. The van der Waals surface area contributed by atoms with Crippen LogP contribution in [-0.4, -0.2) is 38.5 Å². The highest BCUT2D eigenvalue weighted by molar-refractivity contribution is 5.96. The molecule has 4 N–H and O–H groups in total. The number of amides is 2. The number of aromatic nitrogens is 4. The Kier molecular flexibility index (Phi) is 5.88. The Morgan fingerprint density at radius 2 is 1.81 bits per heavy atom. The molecule has 2 heterocycles. The topological polar surface area (TPSA) is 146 Å². The number of imidazole rings is 1. The molecule has 0 aliphatic carbocycles. The number of hydrogen-bond acceptors (Lipinski definition) is 6. The summed E-state index contributed by atoms with van der Waals surface area (Å²) in [7, 11) is 0. The van der Waals surface area contributed by atoms with E-state index in [4.69, 9.17) is 4.52 Å². The Balaban J connectivity index is 1.19. The molecule has 10 nitrogen and oxygen atoms in total. The minimum Gasteiger partial charge on any atom is -0.347 e. The smallest absolute Gasteiger partial charge is 0.323 e. The number of rotatable bonds is 8. The summed E-state index contributed by atoms with van der Waals surface area (Å²) in [4.78, 5) is 44.9. The van der Waals surface area contributed by atoms with Crippen LogP contribution >= 0.6 is 0 Å². The summed E-state index contributed by atoms with van der Waals surface area (Å²) < 4.78 is 5.22. The number of H-pyrrole nitrogens is 2. The molecule has 2 aromatic carbocycles. The molecular formula is C21H20N6O4. The maximum Gasteiger partial charge on any atom is 0.323 e. The third-order valence-electron chi connectivity index (χ3n) is 4.54. The van der Waals surface area contributed by atoms with Crippen molar-refractivity contribution < 1.29 is 14.1 Å². The van der Waals surface area contributed by atoms with Gasteiger partial charge in [-0.15, -0.1) is 0 Å². The number of nitrogens with one attached hydrogen (secondary N) is 4. The monoisotopic (exact) mass is 420 g/mol. The van der Waals surface area contributed by atoms with Crippen LogP contribution in [0.15, 0.2) is 57.8 Å². The lowest BCUT2D eigenvalue weighted by atomic mass is 10.2. The molecule has 158 valence electrons. The van der Waals surface area contributed by atoms with Crippen LogP contribution in [0, 0.1) is 0 Å². The minimum absolute atomic E-state index is 0.154. The van der Waals surface area contributed by atoms with Crippen molar-refractivity contribution in [3.05, 3.63) is 64.9 Å². The molecule has 0 atom stereocenters. The van der Waals surface area contributed by atoms with E-state index < -0.39 is 0 Å². The number of aromatic amines is 2. The van der Waals surface area contributed by atoms with Crippen LogP contribution in [0.2, 0.25) is 0 Å². The zero-order valence-electron chi connectivity index (χ0n) is 16.5. The summed E-state index contributed by atoms with van der Waals surface area (Å²) in [6.45, 7) is -0.154. The van der Waals surface area contributed by atoms with Crippen molar-refractivity contribution in [2.45, 2.75) is 19.3 Å². The van der Waals surface area contributed by atoms with Gasteiger partial charge in [0.25, 0.3) is 0 Å². The van der Waals surface area contributed by atoms with Crippen molar-refractivity contribution in [2.75, 3.05) is 11.9 Å². The van der Waals surface area contributed by atoms with Gasteiger partial charge in [-0.2, -0.15) is 4.98 Å². The van der Waals surface area contributed by atoms with E-state index in [0.29, 0.717) is 41.3 Å². The molecule has 0 fully saturated rings. The maximum absolute atomic E-state index is 12.1. The standard InChI is InChI=1S/C21H20N6O4/c28-17(7-4-8-19-26-20(27-31-19)13-5-2-1-3-6-13)22-12-18(29)23-14-9-10-15-16(11-14)25-21(30)24-15/h1-3,5-6,9-11H,4,7-8,12H2,(H,22,28)(H,23,29)(H2,24,25,30). The van der Waals surface area contributed by atoms with Crippen molar-refractivity contribution in [1.82, 2.24) is 25.4 Å². The maximum atomic E-state index is 12.1. The highest BCUT2D eigenvalue weighted by Crippen LogP contribution is 2.16. The number of carbonyl (C=O) groups is 2. The normalized spacial score (nSPS) is 10.8. The molecular weight excluding hydrogens is 400 g/mol. The molecule has 4 aromatic rings. The second kappa shape index (κ2) is 9.08. The van der Waals surface area contributed by atoms with E-state index in [1.54, 1.807) is 18.2 Å². The van der Waals surface area contributed by atoms with Gasteiger partial charge in [0.2, 0.25) is 23.5 Å². The summed E-state index contributed by atoms with van der Waals surface area (Å²) in [6.07, 6.45) is 1.21. The van der Waals surface area contributed by atoms with Gasteiger partial charge >= 0.3 is 5.69 Å². The van der Waals surface area contributed by atoms with Crippen molar-refractivity contribution in [2.24, 2.45) is 0 Å². The van der Waals surface area contributed by atoms with Crippen molar-refractivity contribution >= 4 is 28.5 Å². The number of benzene rings is 2. The lowest BCUT2D eigenvalue weighted by Gasteiger charge is -2.07. The third kappa shape index (κ3) is 5.24. The molecule has 4 rings (SSSR count). The largest absolute Gasteiger partial charge is 0.347 e. The highest BCUT2D eigenvalue weighted by atomic mass is 16.5. The van der Waals surface area contributed by atoms with E-state index in [1.165, 1.54) is 0 Å². The van der Waals surface area contributed by atoms with Crippen molar-refractivity contribution in [1.29, 1.82) is 0 Å². The van der Waals surface area contributed by atoms with Crippen LogP contribution in [0.5, 0.6) is 0 Å². The Labute approximate surface area is 176 Å². The van der Waals surface area contributed by atoms with Gasteiger partial charge in [0.05, 0.1) is 17.6 Å². The fraction of sp³-hybridized carbons (Fsp3) is 0.190. The molecule has 2 aromatic heterocycles. The highest BCUT2D eigenvalue weighted by Gasteiger charge is 2.10. The molecule has 0 unspecified atom stereocenters. The fourth-order valence-corrected chi connectivity index (χ4v) is 3.04. The number of carbonyl (C=O) groups excluding carboxylic acids is 2. The minimum atomic E-state index is -0.366. The van der Waals surface area contributed by atoms with Gasteiger partial charge < -0.3 is 25.1 Å². The SMILES string of the molecule is O=C(CCCc1nc(-c2ccccc2)no1)NCC(=O)Nc1ccc2[nH]c(=O)[nH]c2c1. The van der Waals surface area contributed by atoms with Gasteiger partial charge in [-0.25, -0.2) is 4.79 Å². The van der Waals surface area contributed by atoms with Gasteiger partial charge in [-0.3, -0.25) is 9.59 Å². The molecule has 0 radical (unpaired) electrons. The summed E-state index contributed by atoms with van der Waals surface area (Å²) in [6, 6.07) is 14.5. The van der Waals surface area contributed by atoms with E-state index in [0.717, 1.165) is 5.56 Å². The van der Waals surface area contributed by atoms with Gasteiger partial charge in [0, 0.05) is 24.1 Å². The molecule has 31 heavy (non-hydrogen) atoms. The van der Waals surface area contributed by atoms with Gasteiger partial charge in [-0.05, 0) is 24.6 Å². The third-order valence-corrected chi connectivity index (χ3v) is 4.54. The second-order valence-electron chi connectivity index (χ2n) is 6.90. The van der Waals surface area contributed by atoms with Crippen molar-refractivity contribution in [3.63, 3.8) is 0 Å². The lowest BCUT2D eigenvalue weighted by molar-refractivity contribution is -0.124. The average Bonchev–Trinajstić information content (AvgIpc) is 3.38. The number of hydrogen-bond donors (Lipinski definition) is 4. The van der Waals surface area contributed by atoms with E-state index in [9.17, 15) is 14.4 Å². The van der Waals surface area contributed by atoms with Crippen LogP contribution < -0.4 is 16.3 Å². The predicted octanol–water partition coefficient (Wildman–Crippen LogP) is 1.98. The molecule has 0 bridgehead atoms. The molecule has 10 heteroatoms. The average molecular weight is 420 g/mol. The van der Waals surface area contributed by atoms with Gasteiger partial charge in [0.1, 0.15) is 0 Å². The van der Waals surface area contributed by atoms with Crippen LogP contribution in [0.1, 0.15) is 18.7 Å². The van der Waals surface area contributed by atoms with Gasteiger partial charge in [-0.1, -0.05) is 35.5 Å². The summed E-state index contributed by atoms with van der Waals surface area (Å²) in [5.41, 5.74) is 2.30. The quantitative estimate of drug-likeness (QED) is 0.343. The molecule has 0 aliphatic rings. The first-order valence-corrected chi connectivity index (χ1v) is 9.73. The Bertz CT molecular complexity index is 1260. The Morgan fingerprint density at radius 1 is 1.00 bits per heavy atom. The molecule has 0 saturated carbocycles. The van der Waals surface area contributed by atoms with Crippen LogP contribution in [-0.2, 0) is 16.0 Å². The zero-order chi connectivity index (χ0) is 21.6. The van der Waals surface area contributed by atoms with Crippen LogP contribution in [0.25, 0.3) is 22.4 Å². The van der Waals surface area contributed by atoms with Crippen LogP contribution in [0.4, 0.5) is 5.69 Å². The predicted molar refractivity (Wildman–Crippen MR) is 113 cm³/mol. The number of anilines is 1. The fourth-order valence-electron chi connectivity index (χ4n) is 3.04. The van der Waals surface area contributed by atoms with E-state index in [1.807, 2.05) is 30.3 Å². The van der Waals surface area contributed by atoms with E-state index in [2.05, 4.69) is 30.7 Å². The molecule has 0 saturated heterocycles.